The molecule has 2 heterocycles. The van der Waals surface area contributed by atoms with Crippen LogP contribution in [0.5, 0.6) is 5.75 Å². The summed E-state index contributed by atoms with van der Waals surface area (Å²) >= 11 is 6.32. The Morgan fingerprint density at radius 2 is 2.00 bits per heavy atom. The number of para-hydroxylation sites is 1. The van der Waals surface area contributed by atoms with Crippen molar-refractivity contribution in [2.75, 3.05) is 12.4 Å². The van der Waals surface area contributed by atoms with Crippen LogP contribution >= 0.6 is 11.6 Å². The Morgan fingerprint density at radius 1 is 1.17 bits per heavy atom. The molecule has 0 aliphatic carbocycles. The summed E-state index contributed by atoms with van der Waals surface area (Å²) < 4.78 is 5.25. The van der Waals surface area contributed by atoms with Crippen molar-refractivity contribution in [3.63, 3.8) is 0 Å². The van der Waals surface area contributed by atoms with Gasteiger partial charge < -0.3 is 15.0 Å². The number of ether oxygens (including phenoxy) is 1. The molecule has 2 aromatic carbocycles. The molecule has 0 atom stereocenters. The molecule has 114 valence electrons. The van der Waals surface area contributed by atoms with E-state index in [2.05, 4.69) is 10.3 Å². The smallest absolute Gasteiger partial charge is 0.256 e. The number of aromatic amines is 1. The van der Waals surface area contributed by atoms with Gasteiger partial charge in [0.2, 0.25) is 0 Å². The van der Waals surface area contributed by atoms with Crippen molar-refractivity contribution in [3.8, 4) is 5.75 Å². The molecule has 2 N–H and O–H groups in total. The van der Waals surface area contributed by atoms with E-state index in [0.29, 0.717) is 16.5 Å². The van der Waals surface area contributed by atoms with E-state index in [-0.39, 0.29) is 5.91 Å². The highest BCUT2D eigenvalue weighted by Crippen LogP contribution is 2.37. The van der Waals surface area contributed by atoms with Gasteiger partial charge >= 0.3 is 0 Å². The molecule has 4 nitrogen and oxygen atoms in total. The summed E-state index contributed by atoms with van der Waals surface area (Å²) in [5.74, 6) is 0.561. The minimum Gasteiger partial charge on any atom is -0.497 e. The minimum absolute atomic E-state index is 0.144. The molecule has 5 heteroatoms. The lowest BCUT2D eigenvalue weighted by molar-refractivity contribution is -0.110. The van der Waals surface area contributed by atoms with Crippen molar-refractivity contribution in [2.24, 2.45) is 0 Å². The molecule has 1 aliphatic rings. The van der Waals surface area contributed by atoms with Gasteiger partial charge in [0, 0.05) is 33.3 Å². The van der Waals surface area contributed by atoms with E-state index in [1.54, 1.807) is 7.11 Å². The van der Waals surface area contributed by atoms with Crippen LogP contribution < -0.4 is 10.1 Å². The Morgan fingerprint density at radius 3 is 2.83 bits per heavy atom. The first kappa shape index (κ1) is 13.9. The van der Waals surface area contributed by atoms with Gasteiger partial charge in [-0.05, 0) is 30.3 Å². The van der Waals surface area contributed by atoms with Gasteiger partial charge in [0.1, 0.15) is 10.9 Å². The van der Waals surface area contributed by atoms with Crippen LogP contribution in [-0.2, 0) is 4.79 Å². The molecule has 1 aliphatic heterocycles. The Hall–Kier alpha value is -2.72. The second kappa shape index (κ2) is 5.18. The summed E-state index contributed by atoms with van der Waals surface area (Å²) in [5.41, 5.74) is 3.91. The maximum absolute atomic E-state index is 12.3. The molecule has 23 heavy (non-hydrogen) atoms. The van der Waals surface area contributed by atoms with E-state index in [1.807, 2.05) is 48.5 Å². The predicted molar refractivity (Wildman–Crippen MR) is 92.8 cm³/mol. The van der Waals surface area contributed by atoms with E-state index in [0.717, 1.165) is 27.7 Å². The first-order valence-electron chi connectivity index (χ1n) is 7.15. The summed E-state index contributed by atoms with van der Waals surface area (Å²) in [6.45, 7) is 0. The molecule has 0 saturated carbocycles. The molecule has 0 spiro atoms. The molecule has 3 aromatic rings. The Balaban J connectivity index is 1.92. The van der Waals surface area contributed by atoms with Gasteiger partial charge in [0.25, 0.3) is 5.91 Å². The van der Waals surface area contributed by atoms with Gasteiger partial charge in [0.05, 0.1) is 7.11 Å². The van der Waals surface area contributed by atoms with E-state index in [4.69, 9.17) is 16.3 Å². The number of amides is 1. The maximum Gasteiger partial charge on any atom is 0.256 e. The molecule has 0 saturated heterocycles. The highest BCUT2D eigenvalue weighted by molar-refractivity contribution is 6.38. The van der Waals surface area contributed by atoms with Crippen molar-refractivity contribution >= 4 is 45.7 Å². The number of carbonyl (C=O) groups excluding carboxylic acids is 1. The molecule has 1 amide bonds. The number of hydrogen-bond donors (Lipinski definition) is 2. The number of fused-ring (bicyclic) bond motifs is 2. The number of aromatic nitrogens is 1. The average Bonchev–Trinajstić information content (AvgIpc) is 3.04. The fourth-order valence-corrected chi connectivity index (χ4v) is 3.11. The molecule has 0 unspecified atom stereocenters. The highest BCUT2D eigenvalue weighted by Gasteiger charge is 2.25. The number of rotatable bonds is 2. The van der Waals surface area contributed by atoms with E-state index >= 15 is 0 Å². The van der Waals surface area contributed by atoms with E-state index in [9.17, 15) is 4.79 Å². The summed E-state index contributed by atoms with van der Waals surface area (Å²) in [7, 11) is 1.60. The fourth-order valence-electron chi connectivity index (χ4n) is 2.85. The normalized spacial score (nSPS) is 15.0. The second-order valence-corrected chi connectivity index (χ2v) is 5.70. The van der Waals surface area contributed by atoms with Gasteiger partial charge in [0.15, 0.2) is 0 Å². The first-order valence-corrected chi connectivity index (χ1v) is 7.53. The van der Waals surface area contributed by atoms with Gasteiger partial charge in [-0.15, -0.1) is 0 Å². The third-order valence-electron chi connectivity index (χ3n) is 4.00. The second-order valence-electron chi connectivity index (χ2n) is 5.32. The average molecular weight is 325 g/mol. The standard InChI is InChI=1S/C18H13ClN2O2/c1-23-10-6-7-16-12(8-10)14(18(22)21-16)9-13-11-4-2-3-5-15(11)20-17(13)19/h2-9,20H,1H3,(H,21,22)/b14-9+. The number of hydrogen-bond acceptors (Lipinski definition) is 2. The first-order chi connectivity index (χ1) is 11.2. The Labute approximate surface area is 137 Å². The molecule has 0 bridgehead atoms. The Bertz CT molecular complexity index is 972. The van der Waals surface area contributed by atoms with Gasteiger partial charge in [-0.2, -0.15) is 0 Å². The van der Waals surface area contributed by atoms with Crippen LogP contribution in [-0.4, -0.2) is 18.0 Å². The number of carbonyl (C=O) groups is 1. The molecule has 0 fully saturated rings. The molecular formula is C18H13ClN2O2. The minimum atomic E-state index is -0.144. The third-order valence-corrected chi connectivity index (χ3v) is 4.29. The number of halogens is 1. The van der Waals surface area contributed by atoms with Crippen LogP contribution in [0.1, 0.15) is 11.1 Å². The maximum atomic E-state index is 12.3. The van der Waals surface area contributed by atoms with Crippen LogP contribution in [0.2, 0.25) is 5.15 Å². The monoisotopic (exact) mass is 324 g/mol. The van der Waals surface area contributed by atoms with Gasteiger partial charge in [-0.25, -0.2) is 0 Å². The van der Waals surface area contributed by atoms with Crippen molar-refractivity contribution < 1.29 is 9.53 Å². The molecular weight excluding hydrogens is 312 g/mol. The largest absolute Gasteiger partial charge is 0.497 e. The van der Waals surface area contributed by atoms with E-state index in [1.165, 1.54) is 0 Å². The number of H-pyrrole nitrogens is 1. The summed E-state index contributed by atoms with van der Waals surface area (Å²) in [4.78, 5) is 15.5. The number of benzene rings is 2. The molecule has 4 rings (SSSR count). The Kier molecular flexibility index (Phi) is 3.13. The summed E-state index contributed by atoms with van der Waals surface area (Å²) in [6.07, 6.45) is 1.82. The zero-order valence-corrected chi connectivity index (χ0v) is 13.1. The van der Waals surface area contributed by atoms with Crippen molar-refractivity contribution in [1.82, 2.24) is 4.98 Å². The van der Waals surface area contributed by atoms with Gasteiger partial charge in [-0.1, -0.05) is 29.8 Å². The number of nitrogens with one attached hydrogen (secondary N) is 2. The fraction of sp³-hybridized carbons (Fsp3) is 0.0556. The lowest BCUT2D eigenvalue weighted by Crippen LogP contribution is -2.03. The van der Waals surface area contributed by atoms with Crippen molar-refractivity contribution in [1.29, 1.82) is 0 Å². The van der Waals surface area contributed by atoms with Gasteiger partial charge in [-0.3, -0.25) is 4.79 Å². The summed E-state index contributed by atoms with van der Waals surface area (Å²) in [6, 6.07) is 13.3. The highest BCUT2D eigenvalue weighted by atomic mass is 35.5. The quantitative estimate of drug-likeness (QED) is 0.690. The van der Waals surface area contributed by atoms with Crippen LogP contribution in [0.3, 0.4) is 0 Å². The number of anilines is 1. The zero-order valence-electron chi connectivity index (χ0n) is 12.3. The molecule has 0 radical (unpaired) electrons. The van der Waals surface area contributed by atoms with Crippen molar-refractivity contribution in [2.45, 2.75) is 0 Å². The van der Waals surface area contributed by atoms with E-state index < -0.39 is 0 Å². The van der Waals surface area contributed by atoms with Crippen LogP contribution in [0.4, 0.5) is 5.69 Å². The number of methoxy groups -OCH3 is 1. The topological polar surface area (TPSA) is 54.1 Å². The lowest BCUT2D eigenvalue weighted by Gasteiger charge is -2.03. The summed E-state index contributed by atoms with van der Waals surface area (Å²) in [5, 5.41) is 4.36. The van der Waals surface area contributed by atoms with Crippen LogP contribution in [0.25, 0.3) is 22.6 Å². The SMILES string of the molecule is COc1ccc2c(c1)/C(=C\c1c(Cl)[nH]c3ccccc13)C(=O)N2. The van der Waals surface area contributed by atoms with Crippen LogP contribution in [0.15, 0.2) is 42.5 Å². The zero-order chi connectivity index (χ0) is 16.0. The van der Waals surface area contributed by atoms with Crippen molar-refractivity contribution in [3.05, 3.63) is 58.7 Å². The predicted octanol–water partition coefficient (Wildman–Crippen LogP) is 4.32. The third kappa shape index (κ3) is 2.19. The van der Waals surface area contributed by atoms with Crippen LogP contribution in [0, 0.1) is 0 Å². The lowest BCUT2D eigenvalue weighted by atomic mass is 10.0. The molecule has 1 aromatic heterocycles.